The van der Waals surface area contributed by atoms with E-state index in [0.717, 1.165) is 0 Å². The fraction of sp³-hybridized carbons (Fsp3) is 0.625. The van der Waals surface area contributed by atoms with E-state index in [-0.39, 0.29) is 95.1 Å². The maximum absolute atomic E-state index is 9.63. The van der Waals surface area contributed by atoms with Crippen LogP contribution in [0.2, 0.25) is 0 Å². The predicted molar refractivity (Wildman–Crippen MR) is 66.3 cm³/mol. The summed E-state index contributed by atoms with van der Waals surface area (Å²) in [4.78, 5) is 0. The molecule has 0 fully saturated rings. The average Bonchev–Trinajstić information content (AvgIpc) is 1.25. The Labute approximate surface area is 144 Å². The molecule has 2 nitrogen and oxygen atoms in total. The van der Waals surface area contributed by atoms with E-state index < -0.39 is 15.6 Å². The standard InChI is InChI=1S/C2H7OP.C2H6OP.CH4.3CH3.2Y/c2*1-4(2)3;;;;;;/h4H,1-2H3;1-2H3;1H4;3*1H3;;/q;+1;;3*-1;;. The summed E-state index contributed by atoms with van der Waals surface area (Å²) in [6, 6.07) is 0. The second-order valence-corrected chi connectivity index (χ2v) is 5.16. The van der Waals surface area contributed by atoms with Crippen LogP contribution in [0.15, 0.2) is 0 Å². The molecule has 6 heteroatoms. The van der Waals surface area contributed by atoms with Gasteiger partial charge in [-0.25, -0.2) is 0 Å². The summed E-state index contributed by atoms with van der Waals surface area (Å²) < 4.78 is 19.2. The summed E-state index contributed by atoms with van der Waals surface area (Å²) in [6.07, 6.45) is 0. The van der Waals surface area contributed by atoms with Gasteiger partial charge in [0.25, 0.3) is 0 Å². The molecule has 88 valence electrons. The van der Waals surface area contributed by atoms with Crippen molar-refractivity contribution in [1.82, 2.24) is 0 Å². The Balaban J connectivity index is -0.00000000600. The molecular formula is C8H26O2P2Y2-2. The predicted octanol–water partition coefficient (Wildman–Crippen LogP) is 3.86. The minimum absolute atomic E-state index is 0. The molecule has 0 unspecified atom stereocenters. The Morgan fingerprint density at radius 2 is 0.929 bits per heavy atom. The van der Waals surface area contributed by atoms with Gasteiger partial charge in [-0.15, -0.1) is 0 Å². The summed E-state index contributed by atoms with van der Waals surface area (Å²) in [5, 5.41) is 0. The van der Waals surface area contributed by atoms with Crippen LogP contribution in [0.25, 0.3) is 0 Å². The van der Waals surface area contributed by atoms with Crippen LogP contribution >= 0.6 is 15.6 Å². The van der Waals surface area contributed by atoms with Crippen molar-refractivity contribution >= 4 is 15.6 Å². The van der Waals surface area contributed by atoms with Crippen LogP contribution in [-0.2, 0) is 74.5 Å². The summed E-state index contributed by atoms with van der Waals surface area (Å²) in [7, 11) is -2.00. The fourth-order valence-electron chi connectivity index (χ4n) is 0. The van der Waals surface area contributed by atoms with Gasteiger partial charge in [-0.3, -0.25) is 0 Å². The van der Waals surface area contributed by atoms with Gasteiger partial charge in [-0.1, -0.05) is 12.0 Å². The van der Waals surface area contributed by atoms with Crippen LogP contribution in [0, 0.1) is 22.3 Å². The van der Waals surface area contributed by atoms with Crippen molar-refractivity contribution in [2.24, 2.45) is 0 Å². The molecule has 14 heavy (non-hydrogen) atoms. The molecule has 0 amide bonds. The Morgan fingerprint density at radius 3 is 0.929 bits per heavy atom. The summed E-state index contributed by atoms with van der Waals surface area (Å²) in [6.45, 7) is 6.78. The largest absolute Gasteiger partial charge is 0.358 e. The zero-order valence-electron chi connectivity index (χ0n) is 9.92. The zero-order valence-corrected chi connectivity index (χ0v) is 17.5. The third-order valence-corrected chi connectivity index (χ3v) is 0. The maximum atomic E-state index is 9.63. The third-order valence-electron chi connectivity index (χ3n) is 0. The van der Waals surface area contributed by atoms with Crippen LogP contribution < -0.4 is 0 Å². The van der Waals surface area contributed by atoms with E-state index in [2.05, 4.69) is 0 Å². The summed E-state index contributed by atoms with van der Waals surface area (Å²) in [5.74, 6) is 0. The molecule has 0 atom stereocenters. The van der Waals surface area contributed by atoms with Crippen molar-refractivity contribution in [3.05, 3.63) is 22.3 Å². The molecule has 0 saturated carbocycles. The van der Waals surface area contributed by atoms with Crippen molar-refractivity contribution < 1.29 is 74.5 Å². The minimum Gasteiger partial charge on any atom is -0.358 e. The summed E-state index contributed by atoms with van der Waals surface area (Å²) in [5.41, 5.74) is 0. The fourth-order valence-corrected chi connectivity index (χ4v) is 0. The minimum atomic E-state index is -1.13. The van der Waals surface area contributed by atoms with Crippen molar-refractivity contribution in [3.8, 4) is 0 Å². The van der Waals surface area contributed by atoms with Crippen molar-refractivity contribution in [2.75, 3.05) is 26.7 Å². The molecule has 0 aliphatic heterocycles. The Hall–Kier alpha value is 2.54. The molecule has 0 bridgehead atoms. The van der Waals surface area contributed by atoms with Gasteiger partial charge in [0.1, 0.15) is 13.3 Å². The van der Waals surface area contributed by atoms with Gasteiger partial charge >= 0.3 is 7.80 Å². The van der Waals surface area contributed by atoms with Crippen LogP contribution in [0.3, 0.4) is 0 Å². The Bertz CT molecular complexity index is 81.3. The molecule has 0 aromatic heterocycles. The monoisotopic (exact) mass is 394 g/mol. The third kappa shape index (κ3) is 414. The first-order valence-corrected chi connectivity index (χ1v) is 6.84. The molecule has 0 rings (SSSR count). The first-order chi connectivity index (χ1) is 3.46. The SMILES string of the molecule is C.C[P+](C)=O.C[PH](C)=O.[CH3-].[CH3-].[CH3-].[Y].[Y]. The molecule has 0 N–H and O–H groups in total. The van der Waals surface area contributed by atoms with E-state index in [1.54, 1.807) is 26.7 Å². The van der Waals surface area contributed by atoms with Gasteiger partial charge in [-0.2, -0.15) is 0 Å². The van der Waals surface area contributed by atoms with Crippen molar-refractivity contribution in [2.45, 2.75) is 7.43 Å². The van der Waals surface area contributed by atoms with Gasteiger partial charge in [0.2, 0.25) is 0 Å². The molecule has 0 aromatic rings. The van der Waals surface area contributed by atoms with Crippen LogP contribution in [0.4, 0.5) is 0 Å². The first-order valence-electron chi connectivity index (χ1n) is 2.28. The van der Waals surface area contributed by atoms with E-state index in [0.29, 0.717) is 0 Å². The molecule has 2 radical (unpaired) electrons. The van der Waals surface area contributed by atoms with E-state index >= 15 is 0 Å². The average molecular weight is 394 g/mol. The van der Waals surface area contributed by atoms with Gasteiger partial charge in [0.15, 0.2) is 0 Å². The molecule has 0 aliphatic rings. The molecule has 0 heterocycles. The Kier molecular flexibility index (Phi) is 176. The van der Waals surface area contributed by atoms with E-state index in [1.807, 2.05) is 0 Å². The zero-order chi connectivity index (χ0) is 7.15. The smallest absolute Gasteiger partial charge is 0.332 e. The van der Waals surface area contributed by atoms with E-state index in [4.69, 9.17) is 0 Å². The second-order valence-electron chi connectivity index (χ2n) is 1.72. The van der Waals surface area contributed by atoms with Crippen LogP contribution in [-0.4, -0.2) is 26.7 Å². The summed E-state index contributed by atoms with van der Waals surface area (Å²) >= 11 is 0. The van der Waals surface area contributed by atoms with E-state index in [9.17, 15) is 9.13 Å². The van der Waals surface area contributed by atoms with Gasteiger partial charge < -0.3 is 26.8 Å². The number of hydrogen-bond donors (Lipinski definition) is 0. The molecule has 0 aromatic carbocycles. The van der Waals surface area contributed by atoms with Crippen LogP contribution in [0.1, 0.15) is 7.43 Å². The van der Waals surface area contributed by atoms with E-state index in [1.165, 1.54) is 0 Å². The molecule has 0 spiro atoms. The maximum Gasteiger partial charge on any atom is 0.332 e. The first kappa shape index (κ1) is 54.8. The quantitative estimate of drug-likeness (QED) is 0.462. The topological polar surface area (TPSA) is 34.1 Å². The second kappa shape index (κ2) is 45.1. The number of rotatable bonds is 0. The van der Waals surface area contributed by atoms with Crippen LogP contribution in [0.5, 0.6) is 0 Å². The van der Waals surface area contributed by atoms with Gasteiger partial charge in [0, 0.05) is 65.4 Å². The molecule has 0 saturated heterocycles. The Morgan fingerprint density at radius 1 is 0.929 bits per heavy atom. The molecular weight excluding hydrogens is 368 g/mol. The van der Waals surface area contributed by atoms with Crippen molar-refractivity contribution in [1.29, 1.82) is 0 Å². The normalized spacial score (nSPS) is 4.36. The van der Waals surface area contributed by atoms with Gasteiger partial charge in [-0.05, 0) is 13.3 Å². The van der Waals surface area contributed by atoms with Crippen molar-refractivity contribution in [3.63, 3.8) is 0 Å². The number of hydrogen-bond acceptors (Lipinski definition) is 2. The molecule has 0 aliphatic carbocycles. The van der Waals surface area contributed by atoms with Gasteiger partial charge in [0.05, 0.1) is 7.80 Å².